The van der Waals surface area contributed by atoms with Crippen molar-refractivity contribution in [2.24, 2.45) is 0 Å². The molecule has 6 heteroatoms. The summed E-state index contributed by atoms with van der Waals surface area (Å²) in [6.45, 7) is 1.94. The van der Waals surface area contributed by atoms with E-state index in [1.807, 2.05) is 48.1 Å². The molecule has 1 amide bonds. The predicted octanol–water partition coefficient (Wildman–Crippen LogP) is 4.71. The second-order valence-corrected chi connectivity index (χ2v) is 7.04. The lowest BCUT2D eigenvalue weighted by molar-refractivity contribution is -0.113. The molecule has 0 saturated heterocycles. The van der Waals surface area contributed by atoms with Crippen LogP contribution >= 0.6 is 23.4 Å². The average molecular weight is 372 g/mol. The minimum Gasteiger partial charge on any atom is -0.325 e. The molecule has 1 aromatic heterocycles. The third-order valence-electron chi connectivity index (χ3n) is 3.68. The van der Waals surface area contributed by atoms with Crippen molar-refractivity contribution in [2.75, 3.05) is 11.1 Å². The van der Waals surface area contributed by atoms with E-state index in [0.717, 1.165) is 22.7 Å². The number of nitrogens with zero attached hydrogens (tertiary/aromatic N) is 2. The Hall–Kier alpha value is -2.24. The predicted molar refractivity (Wildman–Crippen MR) is 105 cm³/mol. The fraction of sp³-hybridized carbons (Fsp3) is 0.158. The Kier molecular flexibility index (Phi) is 5.79. The summed E-state index contributed by atoms with van der Waals surface area (Å²) in [6.07, 6.45) is 3.66. The van der Waals surface area contributed by atoms with Crippen LogP contribution in [0.25, 0.3) is 5.69 Å². The van der Waals surface area contributed by atoms with Crippen molar-refractivity contribution in [1.82, 2.24) is 9.78 Å². The van der Waals surface area contributed by atoms with Gasteiger partial charge in [-0.25, -0.2) is 4.68 Å². The quantitative estimate of drug-likeness (QED) is 0.682. The summed E-state index contributed by atoms with van der Waals surface area (Å²) in [5, 5.41) is 7.73. The van der Waals surface area contributed by atoms with Gasteiger partial charge in [0, 0.05) is 28.9 Å². The summed E-state index contributed by atoms with van der Waals surface area (Å²) in [4.78, 5) is 12.1. The molecule has 0 fully saturated rings. The van der Waals surface area contributed by atoms with E-state index < -0.39 is 0 Å². The summed E-state index contributed by atoms with van der Waals surface area (Å²) in [6, 6.07) is 15.5. The molecular formula is C19H18ClN3OS. The van der Waals surface area contributed by atoms with E-state index in [9.17, 15) is 4.79 Å². The molecule has 0 bridgehead atoms. The average Bonchev–Trinajstić information content (AvgIpc) is 3.13. The van der Waals surface area contributed by atoms with Crippen LogP contribution in [0.2, 0.25) is 5.02 Å². The van der Waals surface area contributed by atoms with Crippen LogP contribution in [0.3, 0.4) is 0 Å². The van der Waals surface area contributed by atoms with E-state index >= 15 is 0 Å². The monoisotopic (exact) mass is 371 g/mol. The highest BCUT2D eigenvalue weighted by Crippen LogP contribution is 2.21. The van der Waals surface area contributed by atoms with Crippen LogP contribution in [0.15, 0.2) is 60.9 Å². The fourth-order valence-electron chi connectivity index (χ4n) is 2.34. The summed E-state index contributed by atoms with van der Waals surface area (Å²) >= 11 is 7.55. The van der Waals surface area contributed by atoms with Crippen LogP contribution in [-0.2, 0) is 10.5 Å². The van der Waals surface area contributed by atoms with Gasteiger partial charge in [-0.05, 0) is 48.4 Å². The van der Waals surface area contributed by atoms with Crippen LogP contribution in [0.5, 0.6) is 0 Å². The number of nitrogens with one attached hydrogen (secondary N) is 1. The third-order valence-corrected chi connectivity index (χ3v) is 4.92. The number of hydrogen-bond acceptors (Lipinski definition) is 3. The van der Waals surface area contributed by atoms with Crippen molar-refractivity contribution in [2.45, 2.75) is 12.7 Å². The largest absolute Gasteiger partial charge is 0.325 e. The number of carbonyl (C=O) groups excluding carboxylic acids is 1. The van der Waals surface area contributed by atoms with Crippen LogP contribution in [0, 0.1) is 6.92 Å². The number of rotatable bonds is 6. The minimum absolute atomic E-state index is 0.0245. The van der Waals surface area contributed by atoms with Crippen molar-refractivity contribution in [1.29, 1.82) is 0 Å². The second-order valence-electron chi connectivity index (χ2n) is 5.62. The molecule has 0 atom stereocenters. The SMILES string of the molecule is Cc1ccc(Cl)cc1NC(=O)CSCc1ccc(-n2cccn2)cc1. The molecular weight excluding hydrogens is 354 g/mol. The number of anilines is 1. The Bertz CT molecular complexity index is 848. The molecule has 4 nitrogen and oxygen atoms in total. The Morgan fingerprint density at radius 3 is 2.76 bits per heavy atom. The zero-order chi connectivity index (χ0) is 17.6. The standard InChI is InChI=1S/C19H18ClN3OS/c1-14-3-6-16(20)11-18(14)22-19(24)13-25-12-15-4-7-17(8-5-15)23-10-2-9-21-23/h2-11H,12-13H2,1H3,(H,22,24). The zero-order valence-corrected chi connectivity index (χ0v) is 15.3. The number of carbonyl (C=O) groups is 1. The maximum Gasteiger partial charge on any atom is 0.234 e. The molecule has 0 aliphatic heterocycles. The van der Waals surface area contributed by atoms with Crippen molar-refractivity contribution in [3.63, 3.8) is 0 Å². The maximum absolute atomic E-state index is 12.1. The van der Waals surface area contributed by atoms with Gasteiger partial charge < -0.3 is 5.32 Å². The highest BCUT2D eigenvalue weighted by molar-refractivity contribution is 7.99. The summed E-state index contributed by atoms with van der Waals surface area (Å²) in [5.41, 5.74) is 3.96. The van der Waals surface area contributed by atoms with Gasteiger partial charge in [-0.1, -0.05) is 29.8 Å². The Labute approximate surface area is 156 Å². The van der Waals surface area contributed by atoms with Gasteiger partial charge in [0.25, 0.3) is 0 Å². The lowest BCUT2D eigenvalue weighted by atomic mass is 10.2. The molecule has 1 N–H and O–H groups in total. The maximum atomic E-state index is 12.1. The molecule has 3 rings (SSSR count). The number of thioether (sulfide) groups is 1. The van der Waals surface area contributed by atoms with Gasteiger partial charge in [-0.15, -0.1) is 11.8 Å². The summed E-state index contributed by atoms with van der Waals surface area (Å²) in [5.74, 6) is 1.15. The van der Waals surface area contributed by atoms with E-state index in [4.69, 9.17) is 11.6 Å². The number of amides is 1. The van der Waals surface area contributed by atoms with Gasteiger partial charge in [-0.2, -0.15) is 5.10 Å². The van der Waals surface area contributed by atoms with Gasteiger partial charge in [-0.3, -0.25) is 4.79 Å². The van der Waals surface area contributed by atoms with Crippen LogP contribution < -0.4 is 5.32 Å². The van der Waals surface area contributed by atoms with Gasteiger partial charge in [0.15, 0.2) is 0 Å². The second kappa shape index (κ2) is 8.23. The molecule has 2 aromatic carbocycles. The number of halogens is 1. The molecule has 128 valence electrons. The molecule has 0 spiro atoms. The molecule has 25 heavy (non-hydrogen) atoms. The number of hydrogen-bond donors (Lipinski definition) is 1. The molecule has 0 unspecified atom stereocenters. The van der Waals surface area contributed by atoms with E-state index in [-0.39, 0.29) is 5.91 Å². The zero-order valence-electron chi connectivity index (χ0n) is 13.8. The molecule has 0 radical (unpaired) electrons. The van der Waals surface area contributed by atoms with Crippen molar-refractivity contribution in [3.8, 4) is 5.69 Å². The van der Waals surface area contributed by atoms with E-state index in [1.54, 1.807) is 24.0 Å². The lowest BCUT2D eigenvalue weighted by Crippen LogP contribution is -2.15. The van der Waals surface area contributed by atoms with Crippen molar-refractivity contribution >= 4 is 35.0 Å². The first-order valence-corrected chi connectivity index (χ1v) is 9.38. The van der Waals surface area contributed by atoms with Gasteiger partial charge in [0.2, 0.25) is 5.91 Å². The molecule has 0 aliphatic carbocycles. The first-order chi connectivity index (χ1) is 12.1. The first-order valence-electron chi connectivity index (χ1n) is 7.84. The summed E-state index contributed by atoms with van der Waals surface area (Å²) in [7, 11) is 0. The molecule has 0 aliphatic rings. The van der Waals surface area contributed by atoms with E-state index in [1.165, 1.54) is 5.56 Å². The summed E-state index contributed by atoms with van der Waals surface area (Å²) < 4.78 is 1.82. The number of benzene rings is 2. The Morgan fingerprint density at radius 1 is 1.24 bits per heavy atom. The molecule has 0 saturated carbocycles. The van der Waals surface area contributed by atoms with E-state index in [2.05, 4.69) is 22.5 Å². The smallest absolute Gasteiger partial charge is 0.234 e. The normalized spacial score (nSPS) is 10.6. The fourth-order valence-corrected chi connectivity index (χ4v) is 3.30. The number of aryl methyl sites for hydroxylation is 1. The highest BCUT2D eigenvalue weighted by Gasteiger charge is 2.06. The highest BCUT2D eigenvalue weighted by atomic mass is 35.5. The van der Waals surface area contributed by atoms with Crippen molar-refractivity contribution in [3.05, 3.63) is 77.1 Å². The van der Waals surface area contributed by atoms with Gasteiger partial charge in [0.05, 0.1) is 11.4 Å². The molecule has 1 heterocycles. The van der Waals surface area contributed by atoms with E-state index in [0.29, 0.717) is 10.8 Å². The van der Waals surface area contributed by atoms with Gasteiger partial charge in [0.1, 0.15) is 0 Å². The Balaban J connectivity index is 1.49. The lowest BCUT2D eigenvalue weighted by Gasteiger charge is -2.09. The van der Waals surface area contributed by atoms with Gasteiger partial charge >= 0.3 is 0 Å². The van der Waals surface area contributed by atoms with Crippen molar-refractivity contribution < 1.29 is 4.79 Å². The molecule has 3 aromatic rings. The van der Waals surface area contributed by atoms with Crippen LogP contribution in [0.1, 0.15) is 11.1 Å². The third kappa shape index (κ3) is 4.87. The first kappa shape index (κ1) is 17.6. The topological polar surface area (TPSA) is 46.9 Å². The Morgan fingerprint density at radius 2 is 2.04 bits per heavy atom. The number of aromatic nitrogens is 2. The van der Waals surface area contributed by atoms with Crippen LogP contribution in [-0.4, -0.2) is 21.4 Å². The minimum atomic E-state index is -0.0245. The van der Waals surface area contributed by atoms with Crippen LogP contribution in [0.4, 0.5) is 5.69 Å².